The van der Waals surface area contributed by atoms with Gasteiger partial charge in [0.1, 0.15) is 0 Å². The topological polar surface area (TPSA) is 37.4 Å². The summed E-state index contributed by atoms with van der Waals surface area (Å²) in [6, 6.07) is 8.93. The third-order valence-corrected chi connectivity index (χ3v) is 7.51. The molecule has 0 spiro atoms. The Morgan fingerprint density at radius 3 is 2.38 bits per heavy atom. The Morgan fingerprint density at radius 2 is 1.86 bits per heavy atom. The van der Waals surface area contributed by atoms with Crippen LogP contribution in [0.25, 0.3) is 0 Å². The fourth-order valence-electron chi connectivity index (χ4n) is 2.01. The molecule has 1 aromatic heterocycles. The molecule has 0 amide bonds. The van der Waals surface area contributed by atoms with Crippen molar-refractivity contribution in [2.75, 3.05) is 7.05 Å². The van der Waals surface area contributed by atoms with Crippen LogP contribution in [0.1, 0.15) is 28.3 Å². The second-order valence-corrected chi connectivity index (χ2v) is 9.23. The highest BCUT2D eigenvalue weighted by molar-refractivity contribution is 9.10. The van der Waals surface area contributed by atoms with E-state index in [1.807, 2.05) is 32.9 Å². The summed E-state index contributed by atoms with van der Waals surface area (Å²) in [5, 5.41) is 0. The number of nitrogens with zero attached hydrogens (tertiary/aromatic N) is 1. The molecule has 1 unspecified atom stereocenters. The van der Waals surface area contributed by atoms with Crippen molar-refractivity contribution in [2.24, 2.45) is 0 Å². The molecule has 0 saturated heterocycles. The number of thiophene rings is 1. The molecule has 0 aliphatic carbocycles. The fraction of sp³-hybridized carbons (Fsp3) is 0.333. The summed E-state index contributed by atoms with van der Waals surface area (Å²) in [7, 11) is -1.87. The lowest BCUT2D eigenvalue weighted by Crippen LogP contribution is -2.29. The summed E-state index contributed by atoms with van der Waals surface area (Å²) >= 11 is 5.02. The second-order valence-electron chi connectivity index (χ2n) is 5.06. The van der Waals surface area contributed by atoms with E-state index < -0.39 is 10.0 Å². The van der Waals surface area contributed by atoms with Crippen LogP contribution >= 0.6 is 27.3 Å². The Morgan fingerprint density at radius 1 is 1.19 bits per heavy atom. The van der Waals surface area contributed by atoms with Gasteiger partial charge in [0.15, 0.2) is 0 Å². The van der Waals surface area contributed by atoms with Gasteiger partial charge in [0.2, 0.25) is 10.0 Å². The van der Waals surface area contributed by atoms with E-state index in [2.05, 4.69) is 15.9 Å². The van der Waals surface area contributed by atoms with E-state index in [9.17, 15) is 8.42 Å². The molecule has 1 aromatic carbocycles. The summed E-state index contributed by atoms with van der Waals surface area (Å²) in [6.07, 6.45) is 0. The summed E-state index contributed by atoms with van der Waals surface area (Å²) in [5.74, 6) is 0. The first-order valence-electron chi connectivity index (χ1n) is 6.54. The van der Waals surface area contributed by atoms with Crippen molar-refractivity contribution in [1.29, 1.82) is 0 Å². The van der Waals surface area contributed by atoms with Crippen molar-refractivity contribution in [3.8, 4) is 0 Å². The fourth-order valence-corrected chi connectivity index (χ4v) is 4.72. The minimum atomic E-state index is -3.50. The highest BCUT2D eigenvalue weighted by Crippen LogP contribution is 2.31. The first kappa shape index (κ1) is 16.7. The van der Waals surface area contributed by atoms with Crippen LogP contribution in [0.5, 0.6) is 0 Å². The Labute approximate surface area is 138 Å². The molecule has 0 bridgehead atoms. The maximum absolute atomic E-state index is 12.7. The van der Waals surface area contributed by atoms with Gasteiger partial charge in [0, 0.05) is 21.3 Å². The molecule has 2 aromatic rings. The highest BCUT2D eigenvalue weighted by Gasteiger charge is 2.27. The SMILES string of the molecule is Cc1ccc(C(C)N(C)S(=O)(=O)c2ccc(Br)c(C)c2)s1. The van der Waals surface area contributed by atoms with E-state index in [1.165, 1.54) is 9.18 Å². The van der Waals surface area contributed by atoms with Gasteiger partial charge < -0.3 is 0 Å². The third kappa shape index (κ3) is 3.39. The quantitative estimate of drug-likeness (QED) is 0.773. The number of hydrogen-bond acceptors (Lipinski definition) is 3. The predicted molar refractivity (Wildman–Crippen MR) is 91.3 cm³/mol. The highest BCUT2D eigenvalue weighted by atomic mass is 79.9. The summed E-state index contributed by atoms with van der Waals surface area (Å²) < 4.78 is 27.8. The van der Waals surface area contributed by atoms with Gasteiger partial charge in [-0.15, -0.1) is 11.3 Å². The van der Waals surface area contributed by atoms with Crippen molar-refractivity contribution >= 4 is 37.3 Å². The normalized spacial score (nSPS) is 13.6. The van der Waals surface area contributed by atoms with Crippen molar-refractivity contribution in [1.82, 2.24) is 4.31 Å². The van der Waals surface area contributed by atoms with Crippen LogP contribution in [0.4, 0.5) is 0 Å². The van der Waals surface area contributed by atoms with Crippen LogP contribution in [-0.4, -0.2) is 19.8 Å². The first-order chi connectivity index (χ1) is 9.73. The predicted octanol–water partition coefficient (Wildman–Crippen LogP) is 4.51. The zero-order valence-electron chi connectivity index (χ0n) is 12.4. The number of sulfonamides is 1. The zero-order chi connectivity index (χ0) is 15.8. The molecule has 0 aliphatic heterocycles. The van der Waals surface area contributed by atoms with Gasteiger partial charge >= 0.3 is 0 Å². The van der Waals surface area contributed by atoms with Gasteiger partial charge in [-0.05, 0) is 56.7 Å². The van der Waals surface area contributed by atoms with Crippen LogP contribution in [0.3, 0.4) is 0 Å². The summed E-state index contributed by atoms with van der Waals surface area (Å²) in [5.41, 5.74) is 0.907. The minimum absolute atomic E-state index is 0.183. The molecule has 114 valence electrons. The Balaban J connectivity index is 2.36. The van der Waals surface area contributed by atoms with Crippen LogP contribution < -0.4 is 0 Å². The van der Waals surface area contributed by atoms with Gasteiger partial charge in [-0.2, -0.15) is 4.31 Å². The molecule has 3 nitrogen and oxygen atoms in total. The number of halogens is 1. The molecule has 0 radical (unpaired) electrons. The van der Waals surface area contributed by atoms with Gasteiger partial charge in [0.05, 0.1) is 10.9 Å². The molecule has 1 atom stereocenters. The lowest BCUT2D eigenvalue weighted by molar-refractivity contribution is 0.403. The van der Waals surface area contributed by atoms with E-state index in [0.717, 1.165) is 14.9 Å². The molecular weight excluding hydrogens is 370 g/mol. The maximum atomic E-state index is 12.7. The lowest BCUT2D eigenvalue weighted by Gasteiger charge is -2.23. The van der Waals surface area contributed by atoms with E-state index >= 15 is 0 Å². The maximum Gasteiger partial charge on any atom is 0.243 e. The van der Waals surface area contributed by atoms with Crippen LogP contribution in [0, 0.1) is 13.8 Å². The average molecular weight is 388 g/mol. The summed E-state index contributed by atoms with van der Waals surface area (Å²) in [6.45, 7) is 5.82. The van der Waals surface area contributed by atoms with Crippen molar-refractivity contribution in [2.45, 2.75) is 31.7 Å². The average Bonchev–Trinajstić information content (AvgIpc) is 2.86. The molecular formula is C15H18BrNO2S2. The molecule has 0 fully saturated rings. The monoisotopic (exact) mass is 387 g/mol. The molecule has 6 heteroatoms. The van der Waals surface area contributed by atoms with Gasteiger partial charge in [-0.1, -0.05) is 15.9 Å². The van der Waals surface area contributed by atoms with Crippen molar-refractivity contribution in [3.63, 3.8) is 0 Å². The smallest absolute Gasteiger partial charge is 0.207 e. The van der Waals surface area contributed by atoms with Crippen molar-refractivity contribution < 1.29 is 8.42 Å². The molecule has 0 aliphatic rings. The summed E-state index contributed by atoms with van der Waals surface area (Å²) in [4.78, 5) is 2.56. The van der Waals surface area contributed by atoms with Crippen LogP contribution in [0.15, 0.2) is 39.7 Å². The Bertz CT molecular complexity index is 753. The van der Waals surface area contributed by atoms with E-state index in [4.69, 9.17) is 0 Å². The largest absolute Gasteiger partial charge is 0.243 e. The molecule has 2 rings (SSSR count). The standard InChI is InChI=1S/C15H18BrNO2S2/c1-10-9-13(6-7-14(10)16)21(18,19)17(4)12(3)15-8-5-11(2)20-15/h5-9,12H,1-4H3. The van der Waals surface area contributed by atoms with Gasteiger partial charge in [-0.25, -0.2) is 8.42 Å². The Hall–Kier alpha value is -0.690. The van der Waals surface area contributed by atoms with Crippen LogP contribution in [-0.2, 0) is 10.0 Å². The number of hydrogen-bond donors (Lipinski definition) is 0. The lowest BCUT2D eigenvalue weighted by atomic mass is 10.2. The van der Waals surface area contributed by atoms with Gasteiger partial charge in [-0.3, -0.25) is 0 Å². The van der Waals surface area contributed by atoms with Gasteiger partial charge in [0.25, 0.3) is 0 Å². The molecule has 0 N–H and O–H groups in total. The van der Waals surface area contributed by atoms with E-state index in [-0.39, 0.29) is 6.04 Å². The molecule has 21 heavy (non-hydrogen) atoms. The minimum Gasteiger partial charge on any atom is -0.207 e. The number of rotatable bonds is 4. The van der Waals surface area contributed by atoms with E-state index in [0.29, 0.717) is 4.90 Å². The number of benzene rings is 1. The Kier molecular flexibility index (Phi) is 4.92. The van der Waals surface area contributed by atoms with Crippen molar-refractivity contribution in [3.05, 3.63) is 50.1 Å². The number of aryl methyl sites for hydroxylation is 2. The third-order valence-electron chi connectivity index (χ3n) is 3.52. The first-order valence-corrected chi connectivity index (χ1v) is 9.59. The zero-order valence-corrected chi connectivity index (χ0v) is 15.6. The molecule has 1 heterocycles. The molecule has 0 saturated carbocycles. The second kappa shape index (κ2) is 6.20. The van der Waals surface area contributed by atoms with E-state index in [1.54, 1.807) is 36.6 Å². The van der Waals surface area contributed by atoms with Crippen LogP contribution in [0.2, 0.25) is 0 Å².